The summed E-state index contributed by atoms with van der Waals surface area (Å²) in [5.74, 6) is 0. The molecule has 1 saturated carbocycles. The van der Waals surface area contributed by atoms with Crippen LogP contribution >= 0.6 is 0 Å². The first-order valence-electron chi connectivity index (χ1n) is 8.15. The van der Waals surface area contributed by atoms with Crippen molar-refractivity contribution in [3.63, 3.8) is 0 Å². The molecule has 0 aliphatic heterocycles. The smallest absolute Gasteiger partial charge is 0.0981 e. The Bertz CT molecular complexity index is 435. The van der Waals surface area contributed by atoms with Gasteiger partial charge in [0.25, 0.3) is 0 Å². The van der Waals surface area contributed by atoms with E-state index >= 15 is 0 Å². The van der Waals surface area contributed by atoms with Crippen LogP contribution in [0.25, 0.3) is 0 Å². The molecular formula is C18H29NO2. The van der Waals surface area contributed by atoms with E-state index in [1.54, 1.807) is 7.11 Å². The van der Waals surface area contributed by atoms with Gasteiger partial charge < -0.3 is 15.2 Å². The Hall–Kier alpha value is -0.900. The van der Waals surface area contributed by atoms with Gasteiger partial charge in [-0.1, -0.05) is 31.2 Å². The molecule has 118 valence electrons. The first kappa shape index (κ1) is 16.5. The zero-order chi connectivity index (χ0) is 15.2. The van der Waals surface area contributed by atoms with Crippen LogP contribution in [0.4, 0.5) is 0 Å². The second kappa shape index (κ2) is 7.92. The minimum atomic E-state index is -0.0168. The molecule has 4 unspecified atom stereocenters. The van der Waals surface area contributed by atoms with Crippen LogP contribution in [0.1, 0.15) is 56.3 Å². The van der Waals surface area contributed by atoms with E-state index in [1.165, 1.54) is 17.5 Å². The molecule has 4 atom stereocenters. The van der Waals surface area contributed by atoms with Crippen LogP contribution in [-0.2, 0) is 9.47 Å². The summed E-state index contributed by atoms with van der Waals surface area (Å²) >= 11 is 0. The summed E-state index contributed by atoms with van der Waals surface area (Å²) in [4.78, 5) is 0. The van der Waals surface area contributed by atoms with Crippen LogP contribution in [0.15, 0.2) is 24.3 Å². The molecule has 0 aromatic heterocycles. The highest BCUT2D eigenvalue weighted by Crippen LogP contribution is 2.31. The number of methoxy groups -OCH3 is 1. The number of benzene rings is 1. The highest BCUT2D eigenvalue weighted by Gasteiger charge is 2.28. The van der Waals surface area contributed by atoms with Crippen molar-refractivity contribution in [3.8, 4) is 0 Å². The molecule has 1 aliphatic carbocycles. The second-order valence-electron chi connectivity index (χ2n) is 6.13. The van der Waals surface area contributed by atoms with E-state index in [0.29, 0.717) is 6.10 Å². The van der Waals surface area contributed by atoms with Crippen LogP contribution in [-0.4, -0.2) is 25.4 Å². The Labute approximate surface area is 128 Å². The third kappa shape index (κ3) is 4.29. The zero-order valence-corrected chi connectivity index (χ0v) is 13.5. The second-order valence-corrected chi connectivity index (χ2v) is 6.13. The van der Waals surface area contributed by atoms with Crippen molar-refractivity contribution in [1.82, 2.24) is 0 Å². The van der Waals surface area contributed by atoms with E-state index in [9.17, 15) is 0 Å². The summed E-state index contributed by atoms with van der Waals surface area (Å²) in [5.41, 5.74) is 8.83. The van der Waals surface area contributed by atoms with E-state index in [-0.39, 0.29) is 18.2 Å². The van der Waals surface area contributed by atoms with Crippen molar-refractivity contribution in [3.05, 3.63) is 35.4 Å². The molecule has 1 aromatic rings. The monoisotopic (exact) mass is 291 g/mol. The molecule has 3 heteroatoms. The van der Waals surface area contributed by atoms with Crippen molar-refractivity contribution in [1.29, 1.82) is 0 Å². The van der Waals surface area contributed by atoms with Gasteiger partial charge in [0.05, 0.1) is 18.3 Å². The Morgan fingerprint density at radius 3 is 2.62 bits per heavy atom. The minimum absolute atomic E-state index is 0.0168. The van der Waals surface area contributed by atoms with E-state index in [0.717, 1.165) is 25.7 Å². The Morgan fingerprint density at radius 2 is 1.95 bits per heavy atom. The van der Waals surface area contributed by atoms with Gasteiger partial charge >= 0.3 is 0 Å². The first-order chi connectivity index (χ1) is 10.2. The highest BCUT2D eigenvalue weighted by molar-refractivity contribution is 5.28. The standard InChI is InChI=1S/C18H29NO2/c1-4-17(19)18(16-11-6-5-8-13(16)2)21-15-10-7-9-14(12-15)20-3/h5-6,8,11,14-15,17-18H,4,7,9-10,12,19H2,1-3H3. The van der Waals surface area contributed by atoms with E-state index in [4.69, 9.17) is 15.2 Å². The van der Waals surface area contributed by atoms with Crippen molar-refractivity contribution in [2.45, 2.75) is 70.3 Å². The zero-order valence-electron chi connectivity index (χ0n) is 13.5. The quantitative estimate of drug-likeness (QED) is 0.868. The fourth-order valence-corrected chi connectivity index (χ4v) is 3.17. The van der Waals surface area contributed by atoms with Gasteiger partial charge in [0, 0.05) is 13.2 Å². The molecule has 0 saturated heterocycles. The average Bonchev–Trinajstić information content (AvgIpc) is 2.53. The van der Waals surface area contributed by atoms with E-state index in [1.807, 2.05) is 0 Å². The van der Waals surface area contributed by atoms with Crippen LogP contribution < -0.4 is 5.73 Å². The summed E-state index contributed by atoms with van der Waals surface area (Å²) in [7, 11) is 1.80. The van der Waals surface area contributed by atoms with Gasteiger partial charge in [0.15, 0.2) is 0 Å². The van der Waals surface area contributed by atoms with Gasteiger partial charge in [-0.05, 0) is 50.2 Å². The van der Waals surface area contributed by atoms with Crippen LogP contribution in [0.5, 0.6) is 0 Å². The van der Waals surface area contributed by atoms with E-state index in [2.05, 4.69) is 38.1 Å². The largest absolute Gasteiger partial charge is 0.381 e. The summed E-state index contributed by atoms with van der Waals surface area (Å²) in [6.07, 6.45) is 5.89. The number of ether oxygens (including phenoxy) is 2. The summed E-state index contributed by atoms with van der Waals surface area (Å²) in [6.45, 7) is 4.25. The number of hydrogen-bond acceptors (Lipinski definition) is 3. The van der Waals surface area contributed by atoms with Crippen LogP contribution in [0.2, 0.25) is 0 Å². The lowest BCUT2D eigenvalue weighted by atomic mass is 9.92. The predicted octanol–water partition coefficient (Wildman–Crippen LogP) is 3.75. The molecule has 1 fully saturated rings. The molecule has 1 aliphatic rings. The number of nitrogens with two attached hydrogens (primary N) is 1. The first-order valence-corrected chi connectivity index (χ1v) is 8.15. The van der Waals surface area contributed by atoms with Gasteiger partial charge in [0.2, 0.25) is 0 Å². The molecule has 2 rings (SSSR count). The minimum Gasteiger partial charge on any atom is -0.381 e. The third-order valence-electron chi connectivity index (χ3n) is 4.61. The molecule has 21 heavy (non-hydrogen) atoms. The maximum atomic E-state index is 6.44. The van der Waals surface area contributed by atoms with Gasteiger partial charge in [-0.3, -0.25) is 0 Å². The summed E-state index contributed by atoms with van der Waals surface area (Å²) < 4.78 is 11.9. The lowest BCUT2D eigenvalue weighted by Gasteiger charge is -2.34. The Kier molecular flexibility index (Phi) is 6.22. The maximum absolute atomic E-state index is 6.44. The molecule has 0 bridgehead atoms. The third-order valence-corrected chi connectivity index (χ3v) is 4.61. The molecule has 2 N–H and O–H groups in total. The van der Waals surface area contributed by atoms with Crippen molar-refractivity contribution in [2.24, 2.45) is 5.73 Å². The highest BCUT2D eigenvalue weighted by atomic mass is 16.5. The lowest BCUT2D eigenvalue weighted by Crippen LogP contribution is -2.35. The van der Waals surface area contributed by atoms with Crippen LogP contribution in [0, 0.1) is 6.92 Å². The van der Waals surface area contributed by atoms with Crippen molar-refractivity contribution < 1.29 is 9.47 Å². The molecule has 0 spiro atoms. The van der Waals surface area contributed by atoms with Gasteiger partial charge in [-0.25, -0.2) is 0 Å². The van der Waals surface area contributed by atoms with Crippen LogP contribution in [0.3, 0.4) is 0 Å². The normalized spacial score (nSPS) is 25.5. The fraction of sp³-hybridized carbons (Fsp3) is 0.667. The number of rotatable bonds is 6. The molecule has 0 heterocycles. The molecule has 0 amide bonds. The fourth-order valence-electron chi connectivity index (χ4n) is 3.17. The Morgan fingerprint density at radius 1 is 1.24 bits per heavy atom. The number of aryl methyl sites for hydroxylation is 1. The Balaban J connectivity index is 2.12. The summed E-state index contributed by atoms with van der Waals surface area (Å²) in [5, 5.41) is 0. The molecule has 0 radical (unpaired) electrons. The lowest BCUT2D eigenvalue weighted by molar-refractivity contribution is -0.0747. The van der Waals surface area contributed by atoms with Gasteiger partial charge in [0.1, 0.15) is 0 Å². The van der Waals surface area contributed by atoms with Gasteiger partial charge in [-0.2, -0.15) is 0 Å². The predicted molar refractivity (Wildman–Crippen MR) is 86.3 cm³/mol. The van der Waals surface area contributed by atoms with Gasteiger partial charge in [-0.15, -0.1) is 0 Å². The average molecular weight is 291 g/mol. The van der Waals surface area contributed by atoms with Crippen molar-refractivity contribution in [2.75, 3.05) is 7.11 Å². The molecular weight excluding hydrogens is 262 g/mol. The molecule has 1 aromatic carbocycles. The number of hydrogen-bond donors (Lipinski definition) is 1. The van der Waals surface area contributed by atoms with E-state index < -0.39 is 0 Å². The maximum Gasteiger partial charge on any atom is 0.0981 e. The topological polar surface area (TPSA) is 44.5 Å². The molecule has 3 nitrogen and oxygen atoms in total. The van der Waals surface area contributed by atoms with Crippen molar-refractivity contribution >= 4 is 0 Å². The SMILES string of the molecule is CCC(N)C(OC1CCCC(OC)C1)c1ccccc1C. The summed E-state index contributed by atoms with van der Waals surface area (Å²) in [6, 6.07) is 8.45.